The third-order valence-electron chi connectivity index (χ3n) is 2.70. The van der Waals surface area contributed by atoms with E-state index in [0.29, 0.717) is 12.3 Å². The molecule has 78 valence electrons. The van der Waals surface area contributed by atoms with E-state index in [-0.39, 0.29) is 6.42 Å². The van der Waals surface area contributed by atoms with E-state index in [1.54, 1.807) is 0 Å². The van der Waals surface area contributed by atoms with Crippen LogP contribution in [0.1, 0.15) is 38.5 Å². The summed E-state index contributed by atoms with van der Waals surface area (Å²) in [6, 6.07) is 0. The quantitative estimate of drug-likeness (QED) is 0.735. The van der Waals surface area contributed by atoms with Crippen LogP contribution in [0, 0.1) is 5.92 Å². The van der Waals surface area contributed by atoms with Crippen molar-refractivity contribution in [3.8, 4) is 0 Å². The molecule has 0 heterocycles. The molecule has 1 saturated carbocycles. The molecule has 0 unspecified atom stereocenters. The Labute approximate surface area is 75.9 Å². The molecule has 13 heavy (non-hydrogen) atoms. The number of aliphatic hydroxyl groups excluding tert-OH is 1. The van der Waals surface area contributed by atoms with Gasteiger partial charge in [0.25, 0.3) is 0 Å². The number of hydrogen-bond acceptors (Lipinski definition) is 1. The standard InChI is InChI=1S/C9H15F3O/c10-9(11,12)8(13)6-5-7-3-1-2-4-7/h7-8,13H,1-6H2/t8-/m0/s1. The van der Waals surface area contributed by atoms with Crippen molar-refractivity contribution in [2.75, 3.05) is 0 Å². The maximum Gasteiger partial charge on any atom is 0.414 e. The zero-order chi connectivity index (χ0) is 9.90. The maximum atomic E-state index is 11.9. The highest BCUT2D eigenvalue weighted by atomic mass is 19.4. The Kier molecular flexibility index (Phi) is 3.59. The average Bonchev–Trinajstić information content (AvgIpc) is 2.50. The van der Waals surface area contributed by atoms with E-state index in [1.165, 1.54) is 0 Å². The van der Waals surface area contributed by atoms with Crippen LogP contribution in [-0.4, -0.2) is 17.4 Å². The molecule has 4 heteroatoms. The molecule has 0 aromatic carbocycles. The van der Waals surface area contributed by atoms with Gasteiger partial charge in [-0.1, -0.05) is 25.7 Å². The van der Waals surface area contributed by atoms with Crippen molar-refractivity contribution in [2.45, 2.75) is 50.8 Å². The minimum Gasteiger partial charge on any atom is -0.384 e. The van der Waals surface area contributed by atoms with Crippen LogP contribution in [0.15, 0.2) is 0 Å². The first kappa shape index (κ1) is 10.8. The Balaban J connectivity index is 2.17. The van der Waals surface area contributed by atoms with E-state index in [4.69, 9.17) is 5.11 Å². The Morgan fingerprint density at radius 1 is 1.23 bits per heavy atom. The van der Waals surface area contributed by atoms with Gasteiger partial charge in [-0.15, -0.1) is 0 Å². The predicted octanol–water partition coefficient (Wildman–Crippen LogP) is 2.88. The van der Waals surface area contributed by atoms with Crippen LogP contribution >= 0.6 is 0 Å². The molecule has 1 rings (SSSR count). The van der Waals surface area contributed by atoms with Gasteiger partial charge in [-0.3, -0.25) is 0 Å². The van der Waals surface area contributed by atoms with E-state index in [9.17, 15) is 13.2 Å². The minimum absolute atomic E-state index is 0.131. The van der Waals surface area contributed by atoms with Crippen LogP contribution in [0.5, 0.6) is 0 Å². The van der Waals surface area contributed by atoms with E-state index >= 15 is 0 Å². The second-order valence-corrected chi connectivity index (χ2v) is 3.79. The number of rotatable bonds is 3. The molecule has 0 bridgehead atoms. The highest BCUT2D eigenvalue weighted by Gasteiger charge is 2.38. The van der Waals surface area contributed by atoms with E-state index in [2.05, 4.69) is 0 Å². The van der Waals surface area contributed by atoms with E-state index in [0.717, 1.165) is 25.7 Å². The molecular formula is C9H15F3O. The lowest BCUT2D eigenvalue weighted by atomic mass is 9.99. The fourth-order valence-corrected chi connectivity index (χ4v) is 1.86. The second-order valence-electron chi connectivity index (χ2n) is 3.79. The van der Waals surface area contributed by atoms with Crippen molar-refractivity contribution >= 4 is 0 Å². The van der Waals surface area contributed by atoms with Crippen molar-refractivity contribution in [1.82, 2.24) is 0 Å². The third kappa shape index (κ3) is 3.55. The largest absolute Gasteiger partial charge is 0.414 e. The van der Waals surface area contributed by atoms with Crippen molar-refractivity contribution in [3.05, 3.63) is 0 Å². The Hall–Kier alpha value is -0.250. The molecule has 0 amide bonds. The predicted molar refractivity (Wildman–Crippen MR) is 43.3 cm³/mol. The first-order valence-electron chi connectivity index (χ1n) is 4.75. The molecule has 0 aromatic rings. The SMILES string of the molecule is O[C@@H](CCC1CCCC1)C(F)(F)F. The molecule has 1 atom stereocenters. The van der Waals surface area contributed by atoms with Crippen LogP contribution in [0.2, 0.25) is 0 Å². The van der Waals surface area contributed by atoms with Gasteiger partial charge in [0, 0.05) is 0 Å². The number of aliphatic hydroxyl groups is 1. The lowest BCUT2D eigenvalue weighted by Crippen LogP contribution is -2.28. The minimum atomic E-state index is -4.43. The van der Waals surface area contributed by atoms with Gasteiger partial charge in [0.2, 0.25) is 0 Å². The highest BCUT2D eigenvalue weighted by Crippen LogP contribution is 2.31. The van der Waals surface area contributed by atoms with Gasteiger partial charge in [-0.2, -0.15) is 13.2 Å². The molecule has 0 aliphatic heterocycles. The summed E-state index contributed by atoms with van der Waals surface area (Å²) < 4.78 is 35.6. The van der Waals surface area contributed by atoms with Crippen molar-refractivity contribution in [3.63, 3.8) is 0 Å². The fourth-order valence-electron chi connectivity index (χ4n) is 1.86. The molecule has 0 saturated heterocycles. The average molecular weight is 196 g/mol. The van der Waals surface area contributed by atoms with Gasteiger partial charge in [0.05, 0.1) is 0 Å². The summed E-state index contributed by atoms with van der Waals surface area (Å²) in [7, 11) is 0. The fraction of sp³-hybridized carbons (Fsp3) is 1.00. The summed E-state index contributed by atoms with van der Waals surface area (Å²) in [6.45, 7) is 0. The van der Waals surface area contributed by atoms with Crippen LogP contribution < -0.4 is 0 Å². The first-order chi connectivity index (χ1) is 6.00. The first-order valence-corrected chi connectivity index (χ1v) is 4.75. The zero-order valence-electron chi connectivity index (χ0n) is 7.48. The summed E-state index contributed by atoms with van der Waals surface area (Å²) in [4.78, 5) is 0. The maximum absolute atomic E-state index is 11.9. The summed E-state index contributed by atoms with van der Waals surface area (Å²) in [6.07, 6.45) is -1.84. The van der Waals surface area contributed by atoms with Crippen LogP contribution in [0.4, 0.5) is 13.2 Å². The summed E-state index contributed by atoms with van der Waals surface area (Å²) in [5.74, 6) is 0.414. The monoisotopic (exact) mass is 196 g/mol. The number of hydrogen-bond donors (Lipinski definition) is 1. The Morgan fingerprint density at radius 3 is 2.23 bits per heavy atom. The Bertz CT molecular complexity index is 149. The van der Waals surface area contributed by atoms with Crippen molar-refractivity contribution in [1.29, 1.82) is 0 Å². The Morgan fingerprint density at radius 2 is 1.77 bits per heavy atom. The van der Waals surface area contributed by atoms with Gasteiger partial charge in [-0.05, 0) is 18.8 Å². The van der Waals surface area contributed by atoms with Crippen LogP contribution in [-0.2, 0) is 0 Å². The van der Waals surface area contributed by atoms with Crippen LogP contribution in [0.25, 0.3) is 0 Å². The second kappa shape index (κ2) is 4.31. The third-order valence-corrected chi connectivity index (χ3v) is 2.70. The molecule has 1 aliphatic rings. The van der Waals surface area contributed by atoms with Gasteiger partial charge in [0.15, 0.2) is 0 Å². The van der Waals surface area contributed by atoms with Crippen molar-refractivity contribution < 1.29 is 18.3 Å². The number of alkyl halides is 3. The molecule has 0 radical (unpaired) electrons. The summed E-state index contributed by atoms with van der Waals surface area (Å²) in [5.41, 5.74) is 0. The smallest absolute Gasteiger partial charge is 0.384 e. The highest BCUT2D eigenvalue weighted by molar-refractivity contribution is 4.71. The lowest BCUT2D eigenvalue weighted by Gasteiger charge is -2.16. The topological polar surface area (TPSA) is 20.2 Å². The van der Waals surface area contributed by atoms with Crippen molar-refractivity contribution in [2.24, 2.45) is 5.92 Å². The number of halogens is 3. The lowest BCUT2D eigenvalue weighted by molar-refractivity contribution is -0.206. The molecule has 0 aromatic heterocycles. The molecule has 1 nitrogen and oxygen atoms in total. The van der Waals surface area contributed by atoms with E-state index < -0.39 is 12.3 Å². The summed E-state index contributed by atoms with van der Waals surface area (Å²) >= 11 is 0. The zero-order valence-corrected chi connectivity index (χ0v) is 7.48. The van der Waals surface area contributed by atoms with Crippen LogP contribution in [0.3, 0.4) is 0 Å². The van der Waals surface area contributed by atoms with E-state index in [1.807, 2.05) is 0 Å². The van der Waals surface area contributed by atoms with Gasteiger partial charge < -0.3 is 5.11 Å². The molecule has 1 aliphatic carbocycles. The molecule has 0 spiro atoms. The van der Waals surface area contributed by atoms with Gasteiger partial charge in [0.1, 0.15) is 6.10 Å². The molecule has 1 fully saturated rings. The normalized spacial score (nSPS) is 22.2. The van der Waals surface area contributed by atoms with Gasteiger partial charge >= 0.3 is 6.18 Å². The van der Waals surface area contributed by atoms with Gasteiger partial charge in [-0.25, -0.2) is 0 Å². The summed E-state index contributed by atoms with van der Waals surface area (Å²) in [5, 5.41) is 8.72. The molecular weight excluding hydrogens is 181 g/mol. The molecule has 1 N–H and O–H groups in total.